The number of thioether (sulfide) groups is 1. The lowest BCUT2D eigenvalue weighted by Crippen LogP contribution is -2.39. The highest BCUT2D eigenvalue weighted by Crippen LogP contribution is 2.32. The number of aromatic nitrogens is 2. The number of carbonyl (C=O) groups is 2. The van der Waals surface area contributed by atoms with Gasteiger partial charge in [-0.2, -0.15) is 0 Å². The fraction of sp³-hybridized carbons (Fsp3) is 0.478. The number of hydrogen-bond acceptors (Lipinski definition) is 9. The lowest BCUT2D eigenvalue weighted by atomic mass is 10.1. The molecule has 2 heterocycles. The zero-order valence-corrected chi connectivity index (χ0v) is 21.5. The first-order chi connectivity index (χ1) is 16.1. The second kappa shape index (κ2) is 10.8. The number of esters is 2. The molecule has 0 fully saturated rings. The predicted octanol–water partition coefficient (Wildman–Crippen LogP) is 1.99. The number of rotatable bonds is 8. The molecule has 2 aromatic rings. The van der Waals surface area contributed by atoms with Crippen molar-refractivity contribution >= 4 is 35.5 Å². The lowest BCUT2D eigenvalue weighted by molar-refractivity contribution is -0.160. The molecule has 0 radical (unpaired) electrons. The Morgan fingerprint density at radius 2 is 1.68 bits per heavy atom. The van der Waals surface area contributed by atoms with Gasteiger partial charge in [0.2, 0.25) is 0 Å². The molecule has 0 saturated heterocycles. The zero-order valence-electron chi connectivity index (χ0n) is 19.8. The number of benzene rings is 1. The summed E-state index contributed by atoms with van der Waals surface area (Å²) >= 11 is 2.32. The van der Waals surface area contributed by atoms with Crippen molar-refractivity contribution in [3.05, 3.63) is 51.0 Å². The van der Waals surface area contributed by atoms with Crippen molar-refractivity contribution in [2.75, 3.05) is 19.9 Å². The Bertz CT molecular complexity index is 1170. The van der Waals surface area contributed by atoms with Crippen LogP contribution in [0.25, 0.3) is 0 Å². The number of carbonyl (C=O) groups excluding carboxylic acids is 2. The molecule has 0 saturated carbocycles. The number of hydrogen-bond donors (Lipinski definition) is 1. The number of nitrogens with one attached hydrogen (secondary N) is 1. The van der Waals surface area contributed by atoms with Gasteiger partial charge >= 0.3 is 11.9 Å². The Kier molecular flexibility index (Phi) is 8.32. The molecule has 1 aromatic heterocycles. The summed E-state index contributed by atoms with van der Waals surface area (Å²) < 4.78 is 12.9. The summed E-state index contributed by atoms with van der Waals surface area (Å²) in [7, 11) is 2.92. The number of ether oxygens (including phenoxy) is 2. The molecular weight excluding hydrogens is 478 g/mol. The minimum atomic E-state index is -0.673. The van der Waals surface area contributed by atoms with E-state index in [-0.39, 0.29) is 39.8 Å². The van der Waals surface area contributed by atoms with Crippen molar-refractivity contribution in [1.82, 2.24) is 14.7 Å². The van der Waals surface area contributed by atoms with E-state index in [4.69, 9.17) is 9.47 Å². The number of likely N-dealkylation sites (N-methyl/N-ethyl adjacent to an activating group) is 1. The van der Waals surface area contributed by atoms with Gasteiger partial charge in [-0.15, -0.1) is 11.8 Å². The third-order valence-electron chi connectivity index (χ3n) is 5.07. The second-order valence-corrected chi connectivity index (χ2v) is 10.9. The topological polar surface area (TPSA) is 109 Å². The van der Waals surface area contributed by atoms with Gasteiger partial charge in [0.05, 0.1) is 35.9 Å². The maximum Gasteiger partial charge on any atom is 0.323 e. The highest BCUT2D eigenvalue weighted by molar-refractivity contribution is 8.02. The third kappa shape index (κ3) is 5.94. The van der Waals surface area contributed by atoms with Crippen LogP contribution in [0.3, 0.4) is 0 Å². The highest BCUT2D eigenvalue weighted by atomic mass is 32.2. The molecule has 0 spiro atoms. The van der Waals surface area contributed by atoms with Crippen molar-refractivity contribution in [3.63, 3.8) is 0 Å². The fourth-order valence-electron chi connectivity index (χ4n) is 3.42. The van der Waals surface area contributed by atoms with Crippen LogP contribution in [0.5, 0.6) is 0 Å². The quantitative estimate of drug-likeness (QED) is 0.424. The van der Waals surface area contributed by atoms with Gasteiger partial charge in [-0.1, -0.05) is 30.0 Å². The molecule has 1 unspecified atom stereocenters. The van der Waals surface area contributed by atoms with Crippen molar-refractivity contribution < 1.29 is 19.1 Å². The largest absolute Gasteiger partial charge is 0.468 e. The van der Waals surface area contributed by atoms with Crippen molar-refractivity contribution in [3.8, 4) is 0 Å². The Morgan fingerprint density at radius 1 is 1.09 bits per heavy atom. The summed E-state index contributed by atoms with van der Waals surface area (Å²) in [5.74, 6) is -1.36. The van der Waals surface area contributed by atoms with E-state index in [0.717, 1.165) is 16.7 Å². The minimum absolute atomic E-state index is 0.0548. The van der Waals surface area contributed by atoms with Crippen LogP contribution in [-0.2, 0) is 32.2 Å². The summed E-state index contributed by atoms with van der Waals surface area (Å²) in [6.45, 7) is 5.44. The molecule has 0 amide bonds. The van der Waals surface area contributed by atoms with Crippen LogP contribution in [0, 0.1) is 5.92 Å². The fourth-order valence-corrected chi connectivity index (χ4v) is 5.71. The molecule has 0 aliphatic carbocycles. The number of fused-ring (bicyclic) bond motifs is 1. The van der Waals surface area contributed by atoms with Gasteiger partial charge in [0.1, 0.15) is 11.6 Å². The Morgan fingerprint density at radius 3 is 2.21 bits per heavy atom. The van der Waals surface area contributed by atoms with Gasteiger partial charge in [-0.05, 0) is 40.0 Å². The third-order valence-corrected chi connectivity index (χ3v) is 7.46. The monoisotopic (exact) mass is 507 g/mol. The van der Waals surface area contributed by atoms with E-state index >= 15 is 0 Å². The van der Waals surface area contributed by atoms with Gasteiger partial charge < -0.3 is 14.8 Å². The van der Waals surface area contributed by atoms with E-state index in [1.807, 2.05) is 30.3 Å². The van der Waals surface area contributed by atoms with Crippen LogP contribution in [0.15, 0.2) is 54.6 Å². The van der Waals surface area contributed by atoms with Crippen LogP contribution >= 0.6 is 23.5 Å². The molecule has 1 aliphatic rings. The van der Waals surface area contributed by atoms with E-state index in [0.29, 0.717) is 0 Å². The van der Waals surface area contributed by atoms with Gasteiger partial charge in [-0.3, -0.25) is 19.2 Å². The first-order valence-electron chi connectivity index (χ1n) is 10.8. The number of nitrogens with zero attached hydrogens (tertiary/aromatic N) is 2. The molecule has 34 heavy (non-hydrogen) atoms. The summed E-state index contributed by atoms with van der Waals surface area (Å²) in [5, 5.41) is 2.87. The van der Waals surface area contributed by atoms with E-state index in [1.165, 1.54) is 28.2 Å². The van der Waals surface area contributed by atoms with Gasteiger partial charge in [0, 0.05) is 10.6 Å². The summed E-state index contributed by atoms with van der Waals surface area (Å²) in [4.78, 5) is 53.0. The number of methoxy groups -OCH3 is 1. The van der Waals surface area contributed by atoms with Crippen molar-refractivity contribution in [2.24, 2.45) is 5.92 Å². The highest BCUT2D eigenvalue weighted by Gasteiger charge is 2.35. The second-order valence-electron chi connectivity index (χ2n) is 8.75. The van der Waals surface area contributed by atoms with E-state index in [9.17, 15) is 19.2 Å². The Labute approximate surface area is 206 Å². The van der Waals surface area contributed by atoms with E-state index in [1.54, 1.807) is 27.8 Å². The summed E-state index contributed by atoms with van der Waals surface area (Å²) in [6, 6.07) is 8.60. The molecule has 0 bridgehead atoms. The van der Waals surface area contributed by atoms with Crippen LogP contribution in [0.2, 0.25) is 0 Å². The minimum Gasteiger partial charge on any atom is -0.468 e. The van der Waals surface area contributed by atoms with Crippen LogP contribution < -0.4 is 16.4 Å². The molecule has 1 N–H and O–H groups in total. The van der Waals surface area contributed by atoms with Crippen molar-refractivity contribution in [1.29, 1.82) is 0 Å². The molecule has 1 aromatic carbocycles. The summed E-state index contributed by atoms with van der Waals surface area (Å²) in [5.41, 5.74) is -1.41. The maximum atomic E-state index is 13.5. The Balaban J connectivity index is 2.01. The first kappa shape index (κ1) is 26.1. The van der Waals surface area contributed by atoms with Crippen LogP contribution in [0.1, 0.15) is 20.8 Å². The predicted molar refractivity (Wildman–Crippen MR) is 130 cm³/mol. The van der Waals surface area contributed by atoms with E-state index in [2.05, 4.69) is 5.32 Å². The van der Waals surface area contributed by atoms with Gasteiger partial charge in [0.25, 0.3) is 11.1 Å². The first-order valence-corrected chi connectivity index (χ1v) is 12.6. The average molecular weight is 508 g/mol. The molecular formula is C23H29N3O6S2. The summed E-state index contributed by atoms with van der Waals surface area (Å²) in [6.07, 6.45) is 0. The normalized spacial score (nSPS) is 16.1. The average Bonchev–Trinajstić information content (AvgIpc) is 3.25. The van der Waals surface area contributed by atoms with Crippen LogP contribution in [-0.4, -0.2) is 52.9 Å². The van der Waals surface area contributed by atoms with Crippen LogP contribution in [0.4, 0.5) is 0 Å². The molecule has 3 rings (SSSR count). The zero-order chi connectivity index (χ0) is 25.0. The van der Waals surface area contributed by atoms with Gasteiger partial charge in [0.15, 0.2) is 0 Å². The molecule has 11 heteroatoms. The molecule has 1 aliphatic heterocycles. The lowest BCUT2D eigenvalue weighted by Gasteiger charge is -2.21. The van der Waals surface area contributed by atoms with Gasteiger partial charge in [-0.25, -0.2) is 9.36 Å². The van der Waals surface area contributed by atoms with Crippen molar-refractivity contribution in [2.45, 2.75) is 60.2 Å². The molecule has 9 nitrogen and oxygen atoms in total. The van der Waals surface area contributed by atoms with E-state index < -0.39 is 29.5 Å². The standard InChI is InChI=1S/C23H29N3O6S2/c1-23(2,3)32-21(29)14-11-25-19(27)17(33-13-16(24-4)22(30)31-5)18(20(28)26(25)12-14)34-15-9-7-6-8-10-15/h6-10,14,16,24H,11-13H2,1-5H3/t14?,16-/m0/s1. The molecule has 2 atom stereocenters. The smallest absolute Gasteiger partial charge is 0.323 e. The molecule has 184 valence electrons. The maximum absolute atomic E-state index is 13.5. The SMILES string of the molecule is CN[C@@H](CSc1c(Sc2ccccc2)c(=O)n2n(c1=O)CC(C(=O)OC(C)(C)C)C2)C(=O)OC. The Hall–Kier alpha value is -2.50.